The number of nitrogens with two attached hydrogens (primary N) is 1. The molecule has 0 aromatic heterocycles. The monoisotopic (exact) mass is 296 g/mol. The number of carboxylic acid groups (broad SMARTS) is 1. The van der Waals surface area contributed by atoms with Crippen molar-refractivity contribution in [3.8, 4) is 0 Å². The molecule has 3 fully saturated rings. The number of amides is 1. The number of hydrogen-bond donors (Lipinski definition) is 2. The lowest BCUT2D eigenvalue weighted by Gasteiger charge is -2.61. The zero-order valence-corrected chi connectivity index (χ0v) is 12.7. The Morgan fingerprint density at radius 2 is 2.00 bits per heavy atom. The molecule has 3 atom stereocenters. The van der Waals surface area contributed by atoms with Gasteiger partial charge in [0.05, 0.1) is 12.5 Å². The lowest BCUT2D eigenvalue weighted by atomic mass is 9.47. The Hall–Kier alpha value is -1.14. The zero-order valence-electron chi connectivity index (χ0n) is 12.7. The highest BCUT2D eigenvalue weighted by Crippen LogP contribution is 2.59. The van der Waals surface area contributed by atoms with Gasteiger partial charge in [0.2, 0.25) is 5.91 Å². The second kappa shape index (κ2) is 4.68. The largest absolute Gasteiger partial charge is 0.481 e. The number of aliphatic carboxylic acids is 1. The standard InChI is InChI=1S/C15H24N2O4/c1-14(2)12-10(6-8-21-12)15(14,16)13(20)17(9-3-4-9)7-5-11(18)19/h9-10,12H,3-8,16H2,1-2H3,(H,18,19). The molecule has 3 rings (SSSR count). The second-order valence-electron chi connectivity index (χ2n) is 7.15. The van der Waals surface area contributed by atoms with Crippen LogP contribution in [0.15, 0.2) is 0 Å². The van der Waals surface area contributed by atoms with Crippen LogP contribution >= 0.6 is 0 Å². The second-order valence-corrected chi connectivity index (χ2v) is 7.15. The van der Waals surface area contributed by atoms with Gasteiger partial charge in [-0.1, -0.05) is 13.8 Å². The van der Waals surface area contributed by atoms with Crippen LogP contribution < -0.4 is 5.73 Å². The van der Waals surface area contributed by atoms with Gasteiger partial charge in [-0.2, -0.15) is 0 Å². The fraction of sp³-hybridized carbons (Fsp3) is 0.867. The molecule has 118 valence electrons. The first-order valence-electron chi connectivity index (χ1n) is 7.73. The molecule has 21 heavy (non-hydrogen) atoms. The van der Waals surface area contributed by atoms with Crippen molar-refractivity contribution in [3.05, 3.63) is 0 Å². The van der Waals surface area contributed by atoms with Gasteiger partial charge in [0.25, 0.3) is 0 Å². The van der Waals surface area contributed by atoms with E-state index in [0.717, 1.165) is 19.3 Å². The van der Waals surface area contributed by atoms with Crippen molar-refractivity contribution in [1.29, 1.82) is 0 Å². The number of carbonyl (C=O) groups excluding carboxylic acids is 1. The summed E-state index contributed by atoms with van der Waals surface area (Å²) in [6, 6.07) is 0.175. The smallest absolute Gasteiger partial charge is 0.305 e. The number of rotatable bonds is 5. The van der Waals surface area contributed by atoms with E-state index in [9.17, 15) is 9.59 Å². The molecule has 0 aromatic rings. The van der Waals surface area contributed by atoms with Gasteiger partial charge in [-0.05, 0) is 19.3 Å². The van der Waals surface area contributed by atoms with Crippen molar-refractivity contribution in [2.45, 2.75) is 57.2 Å². The van der Waals surface area contributed by atoms with Gasteiger partial charge in [0.15, 0.2) is 0 Å². The summed E-state index contributed by atoms with van der Waals surface area (Å²) in [4.78, 5) is 25.6. The van der Waals surface area contributed by atoms with Gasteiger partial charge in [-0.3, -0.25) is 9.59 Å². The van der Waals surface area contributed by atoms with Gasteiger partial charge >= 0.3 is 5.97 Å². The van der Waals surface area contributed by atoms with Crippen molar-refractivity contribution >= 4 is 11.9 Å². The summed E-state index contributed by atoms with van der Waals surface area (Å²) in [5.41, 5.74) is 5.24. The molecule has 0 aromatic carbocycles. The maximum atomic E-state index is 13.1. The summed E-state index contributed by atoms with van der Waals surface area (Å²) in [6.45, 7) is 4.88. The van der Waals surface area contributed by atoms with Crippen LogP contribution in [0.4, 0.5) is 0 Å². The molecule has 0 bridgehead atoms. The number of carboxylic acids is 1. The minimum atomic E-state index is -0.921. The molecule has 1 aliphatic heterocycles. The Morgan fingerprint density at radius 1 is 1.33 bits per heavy atom. The molecule has 2 aliphatic carbocycles. The fourth-order valence-electron chi connectivity index (χ4n) is 4.11. The van der Waals surface area contributed by atoms with E-state index in [0.29, 0.717) is 6.61 Å². The topological polar surface area (TPSA) is 92.9 Å². The van der Waals surface area contributed by atoms with Crippen LogP contribution in [-0.2, 0) is 14.3 Å². The molecule has 1 amide bonds. The van der Waals surface area contributed by atoms with E-state index in [1.807, 2.05) is 13.8 Å². The molecule has 0 radical (unpaired) electrons. The predicted molar refractivity (Wildman–Crippen MR) is 75.5 cm³/mol. The Bertz CT molecular complexity index is 474. The molecule has 0 spiro atoms. The van der Waals surface area contributed by atoms with E-state index in [-0.39, 0.29) is 36.9 Å². The minimum Gasteiger partial charge on any atom is -0.481 e. The van der Waals surface area contributed by atoms with Gasteiger partial charge in [-0.25, -0.2) is 0 Å². The summed E-state index contributed by atoms with van der Waals surface area (Å²) < 4.78 is 5.72. The van der Waals surface area contributed by atoms with Crippen molar-refractivity contribution < 1.29 is 19.4 Å². The Kier molecular flexibility index (Phi) is 3.29. The Labute approximate surface area is 124 Å². The fourth-order valence-corrected chi connectivity index (χ4v) is 4.11. The van der Waals surface area contributed by atoms with Gasteiger partial charge in [0.1, 0.15) is 5.54 Å². The van der Waals surface area contributed by atoms with E-state index >= 15 is 0 Å². The zero-order chi connectivity index (χ0) is 15.4. The van der Waals surface area contributed by atoms with E-state index in [1.54, 1.807) is 4.90 Å². The molecule has 1 heterocycles. The predicted octanol–water partition coefficient (Wildman–Crippen LogP) is 0.595. The van der Waals surface area contributed by atoms with E-state index in [1.165, 1.54) is 0 Å². The number of hydrogen-bond acceptors (Lipinski definition) is 4. The maximum Gasteiger partial charge on any atom is 0.305 e. The molecule has 6 heteroatoms. The molecule has 1 saturated heterocycles. The van der Waals surface area contributed by atoms with Crippen LogP contribution in [0.2, 0.25) is 0 Å². The Morgan fingerprint density at radius 3 is 2.57 bits per heavy atom. The highest BCUT2D eigenvalue weighted by atomic mass is 16.5. The summed E-state index contributed by atoms with van der Waals surface area (Å²) in [5, 5.41) is 8.88. The minimum absolute atomic E-state index is 0.0245. The van der Waals surface area contributed by atoms with Crippen molar-refractivity contribution in [3.63, 3.8) is 0 Å². The number of carbonyl (C=O) groups is 2. The quantitative estimate of drug-likeness (QED) is 0.775. The first-order valence-corrected chi connectivity index (χ1v) is 7.73. The Balaban J connectivity index is 1.80. The summed E-state index contributed by atoms with van der Waals surface area (Å²) >= 11 is 0. The lowest BCUT2D eigenvalue weighted by molar-refractivity contribution is -0.185. The molecule has 2 saturated carbocycles. The number of ether oxygens (including phenoxy) is 1. The van der Waals surface area contributed by atoms with Crippen LogP contribution in [0.25, 0.3) is 0 Å². The van der Waals surface area contributed by atoms with Crippen LogP contribution in [0.5, 0.6) is 0 Å². The third kappa shape index (κ3) is 1.99. The van der Waals surface area contributed by atoms with Crippen molar-refractivity contribution in [2.24, 2.45) is 17.1 Å². The van der Waals surface area contributed by atoms with E-state index < -0.39 is 16.9 Å². The van der Waals surface area contributed by atoms with Gasteiger partial charge in [-0.15, -0.1) is 0 Å². The van der Waals surface area contributed by atoms with Gasteiger partial charge < -0.3 is 20.5 Å². The van der Waals surface area contributed by atoms with Crippen LogP contribution in [0.1, 0.15) is 39.5 Å². The summed E-state index contributed by atoms with van der Waals surface area (Å²) in [6.07, 6.45) is 2.74. The van der Waals surface area contributed by atoms with Gasteiger partial charge in [0, 0.05) is 30.5 Å². The molecule has 3 unspecified atom stereocenters. The number of nitrogens with zero attached hydrogens (tertiary/aromatic N) is 1. The average Bonchev–Trinajstić information content (AvgIpc) is 3.13. The SMILES string of the molecule is CC1(C)C2OCCC2C1(N)C(=O)N(CCC(=O)O)C1CC1. The summed E-state index contributed by atoms with van der Waals surface area (Å²) in [5.74, 6) is -0.899. The highest BCUT2D eigenvalue weighted by molar-refractivity contribution is 5.90. The third-order valence-corrected chi connectivity index (χ3v) is 5.62. The molecular weight excluding hydrogens is 272 g/mol. The first-order chi connectivity index (χ1) is 9.80. The highest BCUT2D eigenvalue weighted by Gasteiger charge is 2.72. The van der Waals surface area contributed by atoms with Crippen molar-refractivity contribution in [2.75, 3.05) is 13.2 Å². The van der Waals surface area contributed by atoms with E-state index in [2.05, 4.69) is 0 Å². The van der Waals surface area contributed by atoms with Crippen LogP contribution in [0, 0.1) is 11.3 Å². The number of fused-ring (bicyclic) bond motifs is 1. The maximum absolute atomic E-state index is 13.1. The van der Waals surface area contributed by atoms with E-state index in [4.69, 9.17) is 15.6 Å². The normalized spacial score (nSPS) is 36.7. The van der Waals surface area contributed by atoms with Crippen LogP contribution in [0.3, 0.4) is 0 Å². The average molecular weight is 296 g/mol. The summed E-state index contributed by atoms with van der Waals surface area (Å²) in [7, 11) is 0. The molecular formula is C15H24N2O4. The third-order valence-electron chi connectivity index (χ3n) is 5.62. The molecule has 3 N–H and O–H groups in total. The van der Waals surface area contributed by atoms with Crippen LogP contribution in [-0.4, -0.2) is 52.7 Å². The molecule has 3 aliphatic rings. The first kappa shape index (κ1) is 14.8. The lowest BCUT2D eigenvalue weighted by Crippen LogP contribution is -2.80. The molecule has 6 nitrogen and oxygen atoms in total. The van der Waals surface area contributed by atoms with Crippen molar-refractivity contribution in [1.82, 2.24) is 4.90 Å².